The van der Waals surface area contributed by atoms with Crippen molar-refractivity contribution in [1.29, 1.82) is 0 Å². The first-order valence-corrected chi connectivity index (χ1v) is 7.53. The number of aromatic nitrogens is 1. The lowest BCUT2D eigenvalue weighted by Gasteiger charge is -2.16. The summed E-state index contributed by atoms with van der Waals surface area (Å²) in [5, 5.41) is 0. The number of hydrogen-bond donors (Lipinski definition) is 0. The van der Waals surface area contributed by atoms with Gasteiger partial charge in [0.05, 0.1) is 5.56 Å². The van der Waals surface area contributed by atoms with Crippen LogP contribution in [-0.4, -0.2) is 19.3 Å². The third-order valence-electron chi connectivity index (χ3n) is 1.30. The molecule has 0 aliphatic carbocycles. The predicted octanol–water partition coefficient (Wildman–Crippen LogP) is 2.07. The van der Waals surface area contributed by atoms with E-state index in [2.05, 4.69) is 4.98 Å². The van der Waals surface area contributed by atoms with E-state index < -0.39 is 8.32 Å². The van der Waals surface area contributed by atoms with Crippen LogP contribution in [0, 0.1) is 0 Å². The summed E-state index contributed by atoms with van der Waals surface area (Å²) in [7, 11) is -1.78. The molecule has 0 spiro atoms. The number of carbonyl (C=O) groups excluding carboxylic acids is 1. The highest BCUT2D eigenvalue weighted by molar-refractivity contribution is 6.71. The van der Waals surface area contributed by atoms with Crippen molar-refractivity contribution in [2.45, 2.75) is 19.6 Å². The van der Waals surface area contributed by atoms with E-state index in [9.17, 15) is 4.79 Å². The van der Waals surface area contributed by atoms with Gasteiger partial charge in [-0.2, -0.15) is 0 Å². The second kappa shape index (κ2) is 3.70. The van der Waals surface area contributed by atoms with Gasteiger partial charge in [-0.3, -0.25) is 4.98 Å². The Labute approximate surface area is 78.9 Å². The first kappa shape index (κ1) is 9.92. The van der Waals surface area contributed by atoms with E-state index in [1.165, 1.54) is 6.20 Å². The Morgan fingerprint density at radius 1 is 1.46 bits per heavy atom. The van der Waals surface area contributed by atoms with Gasteiger partial charge in [0, 0.05) is 12.4 Å². The summed E-state index contributed by atoms with van der Waals surface area (Å²) in [4.78, 5) is 15.3. The number of pyridine rings is 1. The van der Waals surface area contributed by atoms with Crippen molar-refractivity contribution >= 4 is 14.3 Å². The van der Waals surface area contributed by atoms with Crippen molar-refractivity contribution in [1.82, 2.24) is 4.98 Å². The van der Waals surface area contributed by atoms with Crippen molar-refractivity contribution in [2.24, 2.45) is 0 Å². The average molecular weight is 195 g/mol. The van der Waals surface area contributed by atoms with Gasteiger partial charge in [-0.15, -0.1) is 0 Å². The van der Waals surface area contributed by atoms with Crippen molar-refractivity contribution in [2.75, 3.05) is 0 Å². The lowest BCUT2D eigenvalue weighted by Crippen LogP contribution is -2.29. The second-order valence-corrected chi connectivity index (χ2v) is 8.17. The summed E-state index contributed by atoms with van der Waals surface area (Å²) >= 11 is 0. The molecule has 1 heterocycles. The van der Waals surface area contributed by atoms with Crippen LogP contribution in [0.5, 0.6) is 0 Å². The molecular weight excluding hydrogens is 182 g/mol. The summed E-state index contributed by atoms with van der Waals surface area (Å²) in [6.07, 6.45) is 3.15. The molecule has 0 N–H and O–H groups in total. The first-order valence-electron chi connectivity index (χ1n) is 4.12. The van der Waals surface area contributed by atoms with Crippen LogP contribution in [0.25, 0.3) is 0 Å². The third-order valence-corrected chi connectivity index (χ3v) is 2.09. The highest BCUT2D eigenvalue weighted by atomic mass is 28.4. The van der Waals surface area contributed by atoms with Crippen LogP contribution in [0.4, 0.5) is 0 Å². The van der Waals surface area contributed by atoms with Gasteiger partial charge in [0.25, 0.3) is 0 Å². The molecule has 1 rings (SSSR count). The van der Waals surface area contributed by atoms with E-state index in [0.717, 1.165) is 0 Å². The van der Waals surface area contributed by atoms with Crippen molar-refractivity contribution < 1.29 is 9.22 Å². The van der Waals surface area contributed by atoms with Crippen molar-refractivity contribution in [3.05, 3.63) is 30.1 Å². The molecule has 0 atom stereocenters. The van der Waals surface area contributed by atoms with Crippen LogP contribution >= 0.6 is 0 Å². The average Bonchev–Trinajstić information content (AvgIpc) is 2.03. The fourth-order valence-corrected chi connectivity index (χ4v) is 1.49. The zero-order valence-electron chi connectivity index (χ0n) is 8.07. The van der Waals surface area contributed by atoms with Gasteiger partial charge < -0.3 is 4.43 Å². The maximum Gasteiger partial charge on any atom is 0.326 e. The maximum absolute atomic E-state index is 11.4. The number of carbonyl (C=O) groups is 1. The van der Waals surface area contributed by atoms with Gasteiger partial charge in [-0.25, -0.2) is 4.79 Å². The van der Waals surface area contributed by atoms with Gasteiger partial charge in [-0.05, 0) is 31.8 Å². The first-order chi connectivity index (χ1) is 5.99. The molecule has 0 amide bonds. The van der Waals surface area contributed by atoms with Crippen LogP contribution < -0.4 is 0 Å². The molecule has 0 bridgehead atoms. The van der Waals surface area contributed by atoms with Gasteiger partial charge in [0.1, 0.15) is 0 Å². The molecule has 0 saturated heterocycles. The van der Waals surface area contributed by atoms with Crippen molar-refractivity contribution in [3.8, 4) is 0 Å². The minimum Gasteiger partial charge on any atom is -0.516 e. The Morgan fingerprint density at radius 3 is 2.62 bits per heavy atom. The van der Waals surface area contributed by atoms with Crippen LogP contribution in [0.15, 0.2) is 24.5 Å². The van der Waals surface area contributed by atoms with Gasteiger partial charge in [0.2, 0.25) is 8.32 Å². The molecule has 4 heteroatoms. The summed E-state index contributed by atoms with van der Waals surface area (Å²) in [6, 6.07) is 3.43. The molecule has 1 aromatic rings. The second-order valence-electron chi connectivity index (χ2n) is 3.74. The topological polar surface area (TPSA) is 39.2 Å². The Balaban J connectivity index is 2.71. The van der Waals surface area contributed by atoms with Crippen LogP contribution in [-0.2, 0) is 4.43 Å². The molecule has 0 aliphatic rings. The molecule has 70 valence electrons. The lowest BCUT2D eigenvalue weighted by atomic mass is 10.3. The van der Waals surface area contributed by atoms with Gasteiger partial charge in [0.15, 0.2) is 0 Å². The minimum atomic E-state index is -1.78. The molecule has 3 nitrogen and oxygen atoms in total. The minimum absolute atomic E-state index is 0.271. The van der Waals surface area contributed by atoms with Gasteiger partial charge in [-0.1, -0.05) is 0 Å². The normalized spacial score (nSPS) is 11.0. The number of nitrogens with zero attached hydrogens (tertiary/aromatic N) is 1. The van der Waals surface area contributed by atoms with E-state index in [1.54, 1.807) is 18.3 Å². The molecule has 0 saturated carbocycles. The molecule has 13 heavy (non-hydrogen) atoms. The molecule has 0 aromatic carbocycles. The Kier molecular flexibility index (Phi) is 2.82. The molecule has 0 aliphatic heterocycles. The van der Waals surface area contributed by atoms with Crippen molar-refractivity contribution in [3.63, 3.8) is 0 Å². The van der Waals surface area contributed by atoms with E-state index in [-0.39, 0.29) is 5.97 Å². The van der Waals surface area contributed by atoms with E-state index in [4.69, 9.17) is 4.43 Å². The fourth-order valence-electron chi connectivity index (χ4n) is 0.821. The summed E-state index contributed by atoms with van der Waals surface area (Å²) in [5.41, 5.74) is 0.518. The SMILES string of the molecule is C[Si](C)(C)OC(=O)c1cccnc1. The number of rotatable bonds is 2. The molecule has 0 fully saturated rings. The predicted molar refractivity (Wildman–Crippen MR) is 53.0 cm³/mol. The zero-order valence-corrected chi connectivity index (χ0v) is 9.07. The lowest BCUT2D eigenvalue weighted by molar-refractivity contribution is 0.0724. The van der Waals surface area contributed by atoms with Crippen LogP contribution in [0.3, 0.4) is 0 Å². The van der Waals surface area contributed by atoms with Crippen LogP contribution in [0.1, 0.15) is 10.4 Å². The Bertz CT molecular complexity index is 292. The van der Waals surface area contributed by atoms with E-state index in [1.807, 2.05) is 19.6 Å². The summed E-state index contributed by atoms with van der Waals surface area (Å²) in [5.74, 6) is -0.271. The smallest absolute Gasteiger partial charge is 0.326 e. The highest BCUT2D eigenvalue weighted by Gasteiger charge is 2.20. The molecule has 0 radical (unpaired) electrons. The highest BCUT2D eigenvalue weighted by Crippen LogP contribution is 2.07. The monoisotopic (exact) mass is 195 g/mol. The van der Waals surface area contributed by atoms with E-state index >= 15 is 0 Å². The fraction of sp³-hybridized carbons (Fsp3) is 0.333. The Morgan fingerprint density at radius 2 is 2.15 bits per heavy atom. The van der Waals surface area contributed by atoms with Gasteiger partial charge >= 0.3 is 5.97 Å². The summed E-state index contributed by atoms with van der Waals surface area (Å²) < 4.78 is 5.28. The zero-order chi connectivity index (χ0) is 9.90. The summed E-state index contributed by atoms with van der Waals surface area (Å²) in [6.45, 7) is 5.92. The number of hydrogen-bond acceptors (Lipinski definition) is 3. The quantitative estimate of drug-likeness (QED) is 0.678. The van der Waals surface area contributed by atoms with E-state index in [0.29, 0.717) is 5.56 Å². The Hall–Kier alpha value is -1.16. The standard InChI is InChI=1S/C9H13NO2Si/c1-13(2,3)12-9(11)8-5-4-6-10-7-8/h4-7H,1-3H3. The third kappa shape index (κ3) is 3.37. The maximum atomic E-state index is 11.4. The molecule has 1 aromatic heterocycles. The van der Waals surface area contributed by atoms with Crippen LogP contribution in [0.2, 0.25) is 19.6 Å². The molecule has 0 unspecified atom stereocenters. The molecular formula is C9H13NO2Si. The largest absolute Gasteiger partial charge is 0.516 e.